The second kappa shape index (κ2) is 7.23. The number of rotatable bonds is 4. The van der Waals surface area contributed by atoms with E-state index in [9.17, 15) is 9.59 Å². The van der Waals surface area contributed by atoms with Crippen molar-refractivity contribution < 1.29 is 9.53 Å². The van der Waals surface area contributed by atoms with Crippen molar-refractivity contribution in [3.63, 3.8) is 0 Å². The van der Waals surface area contributed by atoms with Gasteiger partial charge in [-0.3, -0.25) is 20.4 Å². The summed E-state index contributed by atoms with van der Waals surface area (Å²) in [5.41, 5.74) is 5.62. The molecule has 3 N–H and O–H groups in total. The zero-order valence-electron chi connectivity index (χ0n) is 13.2. The largest absolute Gasteiger partial charge is 0.497 e. The number of hydrazine groups is 1. The van der Waals surface area contributed by atoms with Crippen molar-refractivity contribution in [2.24, 2.45) is 5.92 Å². The highest BCUT2D eigenvalue weighted by molar-refractivity contribution is 7.80. The average molecular weight is 333 g/mol. The van der Waals surface area contributed by atoms with Crippen molar-refractivity contribution in [1.29, 1.82) is 0 Å². The third kappa shape index (κ3) is 4.29. The number of carbonyl (C=O) groups excluding carboxylic acids is 1. The van der Waals surface area contributed by atoms with E-state index in [0.717, 1.165) is 0 Å². The monoisotopic (exact) mass is 333 g/mol. The van der Waals surface area contributed by atoms with Gasteiger partial charge in [0.15, 0.2) is 5.43 Å². The molecule has 23 heavy (non-hydrogen) atoms. The van der Waals surface area contributed by atoms with Crippen molar-refractivity contribution in [3.8, 4) is 5.75 Å². The molecule has 6 nitrogen and oxygen atoms in total. The number of thiocarbonyl (C=S) groups is 1. The molecular weight excluding hydrogens is 314 g/mol. The van der Waals surface area contributed by atoms with Gasteiger partial charge in [0.1, 0.15) is 11.4 Å². The minimum Gasteiger partial charge on any atom is -0.497 e. The lowest BCUT2D eigenvalue weighted by atomic mass is 10.1. The molecule has 0 saturated carbocycles. The van der Waals surface area contributed by atoms with Gasteiger partial charge in [-0.25, -0.2) is 0 Å². The third-order valence-corrected chi connectivity index (χ3v) is 3.46. The average Bonchev–Trinajstić information content (AvgIpc) is 2.51. The lowest BCUT2D eigenvalue weighted by molar-refractivity contribution is 0.0939. The number of pyridine rings is 1. The quantitative estimate of drug-likeness (QED) is 0.590. The Labute approximate surface area is 139 Å². The Morgan fingerprint density at radius 2 is 2.04 bits per heavy atom. The second-order valence-corrected chi connectivity index (χ2v) is 6.05. The first-order valence-electron chi connectivity index (χ1n) is 7.21. The van der Waals surface area contributed by atoms with Gasteiger partial charge in [0, 0.05) is 23.9 Å². The SMILES string of the molecule is COc1ccc2c(=O)cc(C(=O)NNC(=S)CC(C)C)[nH]c2c1. The van der Waals surface area contributed by atoms with E-state index in [4.69, 9.17) is 17.0 Å². The molecular formula is C16H19N3O3S. The summed E-state index contributed by atoms with van der Waals surface area (Å²) in [5.74, 6) is 0.528. The highest BCUT2D eigenvalue weighted by atomic mass is 32.1. The van der Waals surface area contributed by atoms with E-state index in [0.29, 0.717) is 34.0 Å². The maximum absolute atomic E-state index is 12.2. The molecule has 0 atom stereocenters. The number of hydrogen-bond acceptors (Lipinski definition) is 4. The zero-order chi connectivity index (χ0) is 17.0. The number of carbonyl (C=O) groups is 1. The van der Waals surface area contributed by atoms with Crippen LogP contribution in [0.1, 0.15) is 30.8 Å². The fraction of sp³-hybridized carbons (Fsp3) is 0.312. The Morgan fingerprint density at radius 3 is 2.70 bits per heavy atom. The molecule has 0 aliphatic heterocycles. The van der Waals surface area contributed by atoms with Crippen LogP contribution in [0.2, 0.25) is 0 Å². The van der Waals surface area contributed by atoms with Crippen LogP contribution in [0.4, 0.5) is 0 Å². The molecule has 7 heteroatoms. The van der Waals surface area contributed by atoms with E-state index < -0.39 is 5.91 Å². The van der Waals surface area contributed by atoms with E-state index in [2.05, 4.69) is 15.8 Å². The summed E-state index contributed by atoms with van der Waals surface area (Å²) in [6.07, 6.45) is 0.668. The molecule has 0 fully saturated rings. The molecule has 122 valence electrons. The molecule has 0 unspecified atom stereocenters. The van der Waals surface area contributed by atoms with Gasteiger partial charge in [-0.15, -0.1) is 0 Å². The first-order valence-corrected chi connectivity index (χ1v) is 7.61. The molecule has 1 heterocycles. The number of hydrogen-bond donors (Lipinski definition) is 3. The standard InChI is InChI=1S/C16H19N3O3S/c1-9(2)6-15(23)18-19-16(21)13-8-14(20)11-5-4-10(22-3)7-12(11)17-13/h4-5,7-9H,6H2,1-3H3,(H,17,20)(H,18,23)(H,19,21). The zero-order valence-corrected chi connectivity index (χ0v) is 14.0. The Hall–Kier alpha value is -2.41. The van der Waals surface area contributed by atoms with Gasteiger partial charge in [-0.1, -0.05) is 26.1 Å². The molecule has 1 aromatic carbocycles. The van der Waals surface area contributed by atoms with Crippen molar-refractivity contribution >= 4 is 34.0 Å². The second-order valence-electron chi connectivity index (χ2n) is 5.56. The summed E-state index contributed by atoms with van der Waals surface area (Å²) in [5, 5.41) is 0.491. The molecule has 1 aromatic heterocycles. The van der Waals surface area contributed by atoms with E-state index in [1.165, 1.54) is 13.2 Å². The lowest BCUT2D eigenvalue weighted by Gasteiger charge is -2.11. The van der Waals surface area contributed by atoms with Gasteiger partial charge < -0.3 is 9.72 Å². The number of methoxy groups -OCH3 is 1. The van der Waals surface area contributed by atoms with Crippen LogP contribution < -0.4 is 21.0 Å². The number of amides is 1. The highest BCUT2D eigenvalue weighted by Gasteiger charge is 2.11. The number of fused-ring (bicyclic) bond motifs is 1. The van der Waals surface area contributed by atoms with Crippen LogP contribution >= 0.6 is 12.2 Å². The maximum atomic E-state index is 12.2. The van der Waals surface area contributed by atoms with Gasteiger partial charge in [0.25, 0.3) is 5.91 Å². The predicted molar refractivity (Wildman–Crippen MR) is 93.8 cm³/mol. The van der Waals surface area contributed by atoms with E-state index >= 15 is 0 Å². The molecule has 0 spiro atoms. The maximum Gasteiger partial charge on any atom is 0.286 e. The van der Waals surface area contributed by atoms with Crippen molar-refractivity contribution in [1.82, 2.24) is 15.8 Å². The summed E-state index contributed by atoms with van der Waals surface area (Å²) >= 11 is 5.12. The summed E-state index contributed by atoms with van der Waals surface area (Å²) in [6.45, 7) is 4.06. The minimum atomic E-state index is -0.460. The first kappa shape index (κ1) is 17.0. The molecule has 0 radical (unpaired) electrons. The number of aromatic nitrogens is 1. The Morgan fingerprint density at radius 1 is 1.30 bits per heavy atom. The molecule has 2 aromatic rings. The first-order chi connectivity index (χ1) is 10.9. The van der Waals surface area contributed by atoms with Crippen LogP contribution in [0.5, 0.6) is 5.75 Å². The molecule has 1 amide bonds. The normalized spacial score (nSPS) is 10.6. The Bertz CT molecular complexity index is 799. The van der Waals surface area contributed by atoms with Gasteiger partial charge in [-0.05, 0) is 18.1 Å². The molecule has 0 saturated heterocycles. The number of benzene rings is 1. The highest BCUT2D eigenvalue weighted by Crippen LogP contribution is 2.16. The van der Waals surface area contributed by atoms with Gasteiger partial charge in [0.05, 0.1) is 17.6 Å². The Kier molecular flexibility index (Phi) is 5.33. The van der Waals surface area contributed by atoms with Crippen LogP contribution in [-0.4, -0.2) is 23.0 Å². The topological polar surface area (TPSA) is 83.2 Å². The van der Waals surface area contributed by atoms with Crippen LogP contribution in [0.25, 0.3) is 10.9 Å². The summed E-state index contributed by atoms with van der Waals surface area (Å²) in [7, 11) is 1.54. The number of H-pyrrole nitrogens is 1. The van der Waals surface area contributed by atoms with Crippen LogP contribution in [0.15, 0.2) is 29.1 Å². The minimum absolute atomic E-state index is 0.149. The van der Waals surface area contributed by atoms with Gasteiger partial charge >= 0.3 is 0 Å². The van der Waals surface area contributed by atoms with Crippen molar-refractivity contribution in [2.45, 2.75) is 20.3 Å². The summed E-state index contributed by atoms with van der Waals surface area (Å²) in [6, 6.07) is 6.29. The molecule has 0 aliphatic rings. The van der Waals surface area contributed by atoms with Gasteiger partial charge in [0.2, 0.25) is 0 Å². The molecule has 2 rings (SSSR count). The number of nitrogens with one attached hydrogen (secondary N) is 3. The number of ether oxygens (including phenoxy) is 1. The molecule has 0 aliphatic carbocycles. The van der Waals surface area contributed by atoms with E-state index in [1.807, 2.05) is 13.8 Å². The Balaban J connectivity index is 2.20. The smallest absolute Gasteiger partial charge is 0.286 e. The number of aromatic amines is 1. The van der Waals surface area contributed by atoms with Crippen molar-refractivity contribution in [2.75, 3.05) is 7.11 Å². The van der Waals surface area contributed by atoms with Crippen LogP contribution in [0, 0.1) is 5.92 Å². The fourth-order valence-corrected chi connectivity index (χ4v) is 2.48. The summed E-state index contributed by atoms with van der Waals surface area (Å²) in [4.78, 5) is 27.7. The third-order valence-electron chi connectivity index (χ3n) is 3.19. The van der Waals surface area contributed by atoms with Crippen LogP contribution in [-0.2, 0) is 0 Å². The lowest BCUT2D eigenvalue weighted by Crippen LogP contribution is -2.41. The van der Waals surface area contributed by atoms with Crippen LogP contribution in [0.3, 0.4) is 0 Å². The van der Waals surface area contributed by atoms with E-state index in [-0.39, 0.29) is 11.1 Å². The predicted octanol–water partition coefficient (Wildman–Crippen LogP) is 2.14. The summed E-state index contributed by atoms with van der Waals surface area (Å²) < 4.78 is 5.13. The van der Waals surface area contributed by atoms with Crippen molar-refractivity contribution in [3.05, 3.63) is 40.2 Å². The fourth-order valence-electron chi connectivity index (χ4n) is 2.10. The van der Waals surface area contributed by atoms with Gasteiger partial charge in [-0.2, -0.15) is 0 Å². The van der Waals surface area contributed by atoms with E-state index in [1.54, 1.807) is 18.2 Å². The molecule has 0 bridgehead atoms.